The van der Waals surface area contributed by atoms with Gasteiger partial charge in [0.05, 0.1) is 6.54 Å². The Hall–Kier alpha value is -2.83. The van der Waals surface area contributed by atoms with Crippen molar-refractivity contribution in [2.24, 2.45) is 0 Å². The minimum atomic E-state index is -1.09. The smallest absolute Gasteiger partial charge is 0.339 e. The number of nitrogens with zero attached hydrogens (tertiary/aromatic N) is 1. The zero-order valence-corrected chi connectivity index (χ0v) is 12.7. The van der Waals surface area contributed by atoms with Gasteiger partial charge in [-0.3, -0.25) is 4.79 Å². The summed E-state index contributed by atoms with van der Waals surface area (Å²) in [7, 11) is 1.52. The Morgan fingerprint density at radius 3 is 2.65 bits per heavy atom. The van der Waals surface area contributed by atoms with Crippen LogP contribution in [0, 0.1) is 12.7 Å². The second kappa shape index (κ2) is 6.95. The van der Waals surface area contributed by atoms with Gasteiger partial charge in [0, 0.05) is 7.05 Å². The molecule has 1 amide bonds. The highest BCUT2D eigenvalue weighted by atomic mass is 19.1. The summed E-state index contributed by atoms with van der Waals surface area (Å²) in [5.41, 5.74) is 0.0588. The van der Waals surface area contributed by atoms with Gasteiger partial charge in [0.1, 0.15) is 17.1 Å². The molecule has 6 nitrogen and oxygen atoms in total. The summed E-state index contributed by atoms with van der Waals surface area (Å²) < 4.78 is 23.8. The first-order valence-corrected chi connectivity index (χ1v) is 6.82. The molecular formula is C16H16FNO5. The molecule has 1 heterocycles. The van der Waals surface area contributed by atoms with Gasteiger partial charge in [0.25, 0.3) is 5.91 Å². The third-order valence-corrected chi connectivity index (χ3v) is 3.21. The van der Waals surface area contributed by atoms with E-state index in [4.69, 9.17) is 14.3 Å². The molecule has 23 heavy (non-hydrogen) atoms. The summed E-state index contributed by atoms with van der Waals surface area (Å²) >= 11 is 0. The summed E-state index contributed by atoms with van der Waals surface area (Å²) in [6.07, 6.45) is 0. The molecule has 1 aromatic heterocycles. The van der Waals surface area contributed by atoms with Crippen molar-refractivity contribution in [3.8, 4) is 5.75 Å². The molecule has 2 aromatic rings. The summed E-state index contributed by atoms with van der Waals surface area (Å²) in [5, 5.41) is 8.96. The largest absolute Gasteiger partial charge is 0.481 e. The standard InChI is InChI=1S/C16H16FNO5/c1-10-12(16(20)21)7-11(23-10)8-18(2)15(19)9-22-14-6-4-3-5-13(14)17/h3-7H,8-9H2,1-2H3,(H,20,21). The van der Waals surface area contributed by atoms with Gasteiger partial charge in [-0.05, 0) is 25.1 Å². The first-order valence-electron chi connectivity index (χ1n) is 6.82. The molecule has 7 heteroatoms. The van der Waals surface area contributed by atoms with Crippen LogP contribution in [0.5, 0.6) is 5.75 Å². The molecule has 122 valence electrons. The minimum Gasteiger partial charge on any atom is -0.481 e. The van der Waals surface area contributed by atoms with Gasteiger partial charge in [-0.25, -0.2) is 9.18 Å². The van der Waals surface area contributed by atoms with Crippen LogP contribution in [0.4, 0.5) is 4.39 Å². The average molecular weight is 321 g/mol. The zero-order valence-electron chi connectivity index (χ0n) is 12.7. The molecule has 0 saturated heterocycles. The Labute approximate surface area is 132 Å². The van der Waals surface area contributed by atoms with E-state index in [0.717, 1.165) is 0 Å². The normalized spacial score (nSPS) is 10.4. The molecule has 0 radical (unpaired) electrons. The van der Waals surface area contributed by atoms with Crippen LogP contribution in [0.3, 0.4) is 0 Å². The second-order valence-corrected chi connectivity index (χ2v) is 4.96. The lowest BCUT2D eigenvalue weighted by molar-refractivity contribution is -0.132. The Morgan fingerprint density at radius 1 is 1.35 bits per heavy atom. The van der Waals surface area contributed by atoms with Crippen molar-refractivity contribution in [3.05, 3.63) is 53.2 Å². The maximum absolute atomic E-state index is 13.4. The van der Waals surface area contributed by atoms with Gasteiger partial charge in [-0.1, -0.05) is 12.1 Å². The highest BCUT2D eigenvalue weighted by molar-refractivity contribution is 5.88. The predicted molar refractivity (Wildman–Crippen MR) is 78.8 cm³/mol. The Balaban J connectivity index is 1.94. The number of rotatable bonds is 6. The number of carboxylic acids is 1. The van der Waals surface area contributed by atoms with E-state index in [0.29, 0.717) is 5.76 Å². The Kier molecular flexibility index (Phi) is 5.00. The maximum Gasteiger partial charge on any atom is 0.339 e. The number of halogens is 1. The number of ether oxygens (including phenoxy) is 1. The number of para-hydroxylation sites is 1. The summed E-state index contributed by atoms with van der Waals surface area (Å²) in [6.45, 7) is 1.30. The molecule has 0 aliphatic rings. The first-order chi connectivity index (χ1) is 10.9. The molecule has 0 fully saturated rings. The molecule has 0 aliphatic heterocycles. The van der Waals surface area contributed by atoms with Crippen molar-refractivity contribution >= 4 is 11.9 Å². The molecule has 0 atom stereocenters. The molecule has 0 bridgehead atoms. The third kappa shape index (κ3) is 4.09. The SMILES string of the molecule is Cc1oc(CN(C)C(=O)COc2ccccc2F)cc1C(=O)O. The fraction of sp³-hybridized carbons (Fsp3) is 0.250. The third-order valence-electron chi connectivity index (χ3n) is 3.21. The van der Waals surface area contributed by atoms with E-state index >= 15 is 0 Å². The van der Waals surface area contributed by atoms with Crippen molar-refractivity contribution in [1.82, 2.24) is 4.90 Å². The number of aromatic carboxylic acids is 1. The highest BCUT2D eigenvalue weighted by Crippen LogP contribution is 2.17. The molecule has 2 rings (SSSR count). The van der Waals surface area contributed by atoms with Crippen LogP contribution >= 0.6 is 0 Å². The minimum absolute atomic E-state index is 0.00347. The topological polar surface area (TPSA) is 80.0 Å². The van der Waals surface area contributed by atoms with Crippen LogP contribution in [0.2, 0.25) is 0 Å². The molecule has 0 aliphatic carbocycles. The number of carbonyl (C=O) groups excluding carboxylic acids is 1. The van der Waals surface area contributed by atoms with Crippen molar-refractivity contribution in [2.45, 2.75) is 13.5 Å². The van der Waals surface area contributed by atoms with Crippen LogP contribution in [0.15, 0.2) is 34.7 Å². The van der Waals surface area contributed by atoms with Crippen LogP contribution < -0.4 is 4.74 Å². The molecule has 1 N–H and O–H groups in total. The summed E-state index contributed by atoms with van der Waals surface area (Å²) in [4.78, 5) is 24.2. The van der Waals surface area contributed by atoms with E-state index in [1.807, 2.05) is 0 Å². The number of amides is 1. The van der Waals surface area contributed by atoms with Gasteiger partial charge < -0.3 is 19.2 Å². The monoisotopic (exact) mass is 321 g/mol. The van der Waals surface area contributed by atoms with Crippen molar-refractivity contribution < 1.29 is 28.2 Å². The highest BCUT2D eigenvalue weighted by Gasteiger charge is 2.17. The van der Waals surface area contributed by atoms with Gasteiger partial charge in [-0.15, -0.1) is 0 Å². The molecule has 0 spiro atoms. The maximum atomic E-state index is 13.4. The molecule has 0 saturated carbocycles. The van der Waals surface area contributed by atoms with E-state index < -0.39 is 11.8 Å². The number of aryl methyl sites for hydroxylation is 1. The van der Waals surface area contributed by atoms with E-state index in [1.54, 1.807) is 6.07 Å². The zero-order chi connectivity index (χ0) is 17.0. The van der Waals surface area contributed by atoms with Crippen LogP contribution in [-0.2, 0) is 11.3 Å². The number of benzene rings is 1. The summed E-state index contributed by atoms with van der Waals surface area (Å²) in [6, 6.07) is 7.17. The molecule has 0 unspecified atom stereocenters. The summed E-state index contributed by atoms with van der Waals surface area (Å²) in [5.74, 6) is -1.40. The molecule has 1 aromatic carbocycles. The fourth-order valence-electron chi connectivity index (χ4n) is 1.97. The number of likely N-dealkylation sites (N-methyl/N-ethyl adjacent to an activating group) is 1. The lowest BCUT2D eigenvalue weighted by atomic mass is 10.2. The van der Waals surface area contributed by atoms with Crippen molar-refractivity contribution in [1.29, 1.82) is 0 Å². The Bertz CT molecular complexity index is 725. The average Bonchev–Trinajstić information content (AvgIpc) is 2.86. The Morgan fingerprint density at radius 2 is 2.04 bits per heavy atom. The van der Waals surface area contributed by atoms with E-state index in [1.165, 1.54) is 43.1 Å². The van der Waals surface area contributed by atoms with Crippen LogP contribution in [-0.4, -0.2) is 35.5 Å². The molecular weight excluding hydrogens is 305 g/mol. The number of carbonyl (C=O) groups is 2. The number of hydrogen-bond donors (Lipinski definition) is 1. The number of furan rings is 1. The second-order valence-electron chi connectivity index (χ2n) is 4.96. The van der Waals surface area contributed by atoms with E-state index in [-0.39, 0.29) is 36.1 Å². The van der Waals surface area contributed by atoms with Gasteiger partial charge in [0.15, 0.2) is 18.2 Å². The predicted octanol–water partition coefficient (Wildman–Crippen LogP) is 2.46. The van der Waals surface area contributed by atoms with E-state index in [9.17, 15) is 14.0 Å². The fourth-order valence-corrected chi connectivity index (χ4v) is 1.97. The van der Waals surface area contributed by atoms with Crippen molar-refractivity contribution in [2.75, 3.05) is 13.7 Å². The van der Waals surface area contributed by atoms with E-state index in [2.05, 4.69) is 0 Å². The van der Waals surface area contributed by atoms with Gasteiger partial charge in [0.2, 0.25) is 0 Å². The van der Waals surface area contributed by atoms with Crippen LogP contribution in [0.25, 0.3) is 0 Å². The lowest BCUT2D eigenvalue weighted by Crippen LogP contribution is -2.30. The number of hydrogen-bond acceptors (Lipinski definition) is 4. The lowest BCUT2D eigenvalue weighted by Gasteiger charge is -2.16. The van der Waals surface area contributed by atoms with Crippen LogP contribution in [0.1, 0.15) is 21.9 Å². The van der Waals surface area contributed by atoms with Crippen molar-refractivity contribution in [3.63, 3.8) is 0 Å². The quantitative estimate of drug-likeness (QED) is 0.884. The van der Waals surface area contributed by atoms with Gasteiger partial charge in [-0.2, -0.15) is 0 Å². The van der Waals surface area contributed by atoms with Gasteiger partial charge >= 0.3 is 5.97 Å². The number of carboxylic acid groups (broad SMARTS) is 1. The first kappa shape index (κ1) is 16.5.